The number of rotatable bonds is 4. The van der Waals surface area contributed by atoms with Crippen molar-refractivity contribution in [2.75, 3.05) is 0 Å². The molecule has 0 spiro atoms. The molecule has 0 N–H and O–H groups in total. The van der Waals surface area contributed by atoms with Crippen molar-refractivity contribution in [3.8, 4) is 0 Å². The second-order valence-electron chi connectivity index (χ2n) is 5.06. The summed E-state index contributed by atoms with van der Waals surface area (Å²) in [6.07, 6.45) is -4.55. The lowest BCUT2D eigenvalue weighted by molar-refractivity contribution is -0.165. The molecule has 0 atom stereocenters. The van der Waals surface area contributed by atoms with Gasteiger partial charge in [0, 0.05) is 0 Å². The number of Topliss-reactive ketones (excluding diaryl/α,β-unsaturated/α-hetero) is 1. The van der Waals surface area contributed by atoms with Crippen LogP contribution in [-0.4, -0.2) is 20.4 Å². The van der Waals surface area contributed by atoms with Crippen LogP contribution in [0.3, 0.4) is 0 Å². The Hall–Kier alpha value is -2.41. The van der Waals surface area contributed by atoms with Crippen LogP contribution in [0.2, 0.25) is 0 Å². The van der Waals surface area contributed by atoms with E-state index < -0.39 is 26.7 Å². The number of benzene rings is 2. The maximum atomic E-state index is 12.9. The number of hydrogen-bond acceptors (Lipinski definition) is 3. The van der Waals surface area contributed by atoms with Crippen LogP contribution >= 0.6 is 0 Å². The second-order valence-corrected chi connectivity index (χ2v) is 6.98. The molecule has 0 aliphatic heterocycles. The van der Waals surface area contributed by atoms with E-state index in [1.807, 2.05) is 0 Å². The highest BCUT2D eigenvalue weighted by molar-refractivity contribution is 7.96. The Morgan fingerprint density at radius 2 is 1.50 bits per heavy atom. The number of carbonyl (C=O) groups excluding carboxylic acids is 1. The molecule has 0 aliphatic rings. The summed E-state index contributed by atoms with van der Waals surface area (Å²) in [4.78, 5) is 10.0. The van der Waals surface area contributed by atoms with Crippen molar-refractivity contribution in [2.45, 2.75) is 18.0 Å². The van der Waals surface area contributed by atoms with Crippen molar-refractivity contribution < 1.29 is 26.4 Å². The summed E-state index contributed by atoms with van der Waals surface area (Å²) >= 11 is 0. The lowest BCUT2D eigenvalue weighted by Gasteiger charge is -2.11. The number of alkyl halides is 3. The molecule has 0 aliphatic carbocycles. The Balaban J connectivity index is 2.64. The van der Waals surface area contributed by atoms with Crippen molar-refractivity contribution in [1.29, 1.82) is 0 Å². The Labute approximate surface area is 137 Å². The van der Waals surface area contributed by atoms with Crippen molar-refractivity contribution in [2.24, 2.45) is 0 Å². The van der Waals surface area contributed by atoms with Gasteiger partial charge in [-0.05, 0) is 30.7 Å². The van der Waals surface area contributed by atoms with E-state index in [2.05, 4.69) is 0 Å². The summed E-state index contributed by atoms with van der Waals surface area (Å²) in [5.74, 6) is -2.40. The SMILES string of the molecule is Cc1ccc(S(=O)(=O)/C(=C/c2ccccc2)C(=O)C(F)(F)F)cc1. The van der Waals surface area contributed by atoms with Crippen LogP contribution in [0.1, 0.15) is 11.1 Å². The minimum atomic E-state index is -5.29. The maximum Gasteiger partial charge on any atom is 0.455 e. The summed E-state index contributed by atoms with van der Waals surface area (Å²) in [6.45, 7) is 1.71. The first-order valence-corrected chi connectivity index (χ1v) is 8.31. The Kier molecular flexibility index (Phi) is 4.94. The number of halogens is 3. The molecule has 3 nitrogen and oxygen atoms in total. The molecule has 0 bridgehead atoms. The smallest absolute Gasteiger partial charge is 0.283 e. The predicted octanol–water partition coefficient (Wildman–Crippen LogP) is 3.94. The van der Waals surface area contributed by atoms with Crippen LogP contribution in [0.15, 0.2) is 64.4 Å². The molecular formula is C17H13F3O3S. The molecule has 0 radical (unpaired) electrons. The van der Waals surface area contributed by atoms with Gasteiger partial charge in [-0.2, -0.15) is 13.2 Å². The first-order chi connectivity index (χ1) is 11.1. The van der Waals surface area contributed by atoms with E-state index in [-0.39, 0.29) is 10.5 Å². The fourth-order valence-electron chi connectivity index (χ4n) is 1.95. The van der Waals surface area contributed by atoms with E-state index in [1.54, 1.807) is 13.0 Å². The molecule has 0 amide bonds. The van der Waals surface area contributed by atoms with Gasteiger partial charge in [-0.1, -0.05) is 48.0 Å². The minimum absolute atomic E-state index is 0.181. The topological polar surface area (TPSA) is 51.2 Å². The van der Waals surface area contributed by atoms with Crippen LogP contribution in [0, 0.1) is 6.92 Å². The quantitative estimate of drug-likeness (QED) is 0.782. The molecule has 2 aromatic rings. The van der Waals surface area contributed by atoms with Gasteiger partial charge in [0.25, 0.3) is 5.78 Å². The number of aryl methyl sites for hydroxylation is 1. The van der Waals surface area contributed by atoms with Gasteiger partial charge in [-0.15, -0.1) is 0 Å². The number of sulfone groups is 1. The number of hydrogen-bond donors (Lipinski definition) is 0. The zero-order chi connectivity index (χ0) is 18.0. The molecule has 0 fully saturated rings. The van der Waals surface area contributed by atoms with E-state index in [0.29, 0.717) is 0 Å². The fraction of sp³-hybridized carbons (Fsp3) is 0.118. The van der Waals surface area contributed by atoms with Gasteiger partial charge in [-0.3, -0.25) is 4.79 Å². The third-order valence-electron chi connectivity index (χ3n) is 3.20. The monoisotopic (exact) mass is 354 g/mol. The van der Waals surface area contributed by atoms with Crippen LogP contribution in [0.25, 0.3) is 6.08 Å². The van der Waals surface area contributed by atoms with Gasteiger partial charge >= 0.3 is 6.18 Å². The third-order valence-corrected chi connectivity index (χ3v) is 4.97. The molecule has 7 heteroatoms. The standard InChI is InChI=1S/C17H13F3O3S/c1-12-7-9-14(10-8-12)24(22,23)15(16(21)17(18,19)20)11-13-5-3-2-4-6-13/h2-11H,1H3/b15-11+. The Morgan fingerprint density at radius 1 is 0.958 bits per heavy atom. The highest BCUT2D eigenvalue weighted by Gasteiger charge is 2.45. The lowest BCUT2D eigenvalue weighted by Crippen LogP contribution is -2.28. The van der Waals surface area contributed by atoms with Gasteiger partial charge in [0.2, 0.25) is 9.84 Å². The van der Waals surface area contributed by atoms with Crippen LogP contribution in [0.4, 0.5) is 13.2 Å². The summed E-state index contributed by atoms with van der Waals surface area (Å²) in [7, 11) is -4.61. The molecular weight excluding hydrogens is 341 g/mol. The molecule has 0 saturated heterocycles. The molecule has 0 saturated carbocycles. The predicted molar refractivity (Wildman–Crippen MR) is 83.8 cm³/mol. The summed E-state index contributed by atoms with van der Waals surface area (Å²) in [6, 6.07) is 12.7. The van der Waals surface area contributed by atoms with E-state index in [1.165, 1.54) is 48.5 Å². The molecule has 24 heavy (non-hydrogen) atoms. The van der Waals surface area contributed by atoms with E-state index >= 15 is 0 Å². The van der Waals surface area contributed by atoms with E-state index in [9.17, 15) is 26.4 Å². The van der Waals surface area contributed by atoms with Crippen LogP contribution in [-0.2, 0) is 14.6 Å². The number of ketones is 1. The average Bonchev–Trinajstić information content (AvgIpc) is 2.52. The van der Waals surface area contributed by atoms with E-state index in [4.69, 9.17) is 0 Å². The highest BCUT2D eigenvalue weighted by Crippen LogP contribution is 2.29. The van der Waals surface area contributed by atoms with Crippen molar-refractivity contribution >= 4 is 21.7 Å². The number of allylic oxidation sites excluding steroid dienone is 1. The van der Waals surface area contributed by atoms with E-state index in [0.717, 1.165) is 11.6 Å². The van der Waals surface area contributed by atoms with Crippen LogP contribution in [0.5, 0.6) is 0 Å². The summed E-state index contributed by atoms with van der Waals surface area (Å²) < 4.78 is 63.7. The third kappa shape index (κ3) is 3.91. The molecule has 126 valence electrons. The largest absolute Gasteiger partial charge is 0.455 e. The first-order valence-electron chi connectivity index (χ1n) is 6.82. The molecule has 0 unspecified atom stereocenters. The number of carbonyl (C=O) groups is 1. The van der Waals surface area contributed by atoms with Gasteiger partial charge in [0.1, 0.15) is 4.91 Å². The zero-order valence-corrected chi connectivity index (χ0v) is 13.4. The molecule has 2 aromatic carbocycles. The first kappa shape index (κ1) is 17.9. The lowest BCUT2D eigenvalue weighted by atomic mass is 10.2. The summed E-state index contributed by atoms with van der Waals surface area (Å²) in [5.41, 5.74) is 0.922. The molecule has 0 aromatic heterocycles. The fourth-order valence-corrected chi connectivity index (χ4v) is 3.35. The minimum Gasteiger partial charge on any atom is -0.283 e. The van der Waals surface area contributed by atoms with Gasteiger partial charge in [0.05, 0.1) is 4.90 Å². The normalized spacial score (nSPS) is 12.9. The van der Waals surface area contributed by atoms with Gasteiger partial charge in [-0.25, -0.2) is 8.42 Å². The van der Waals surface area contributed by atoms with Crippen LogP contribution < -0.4 is 0 Å². The maximum absolute atomic E-state index is 12.9. The van der Waals surface area contributed by atoms with Gasteiger partial charge in [0.15, 0.2) is 0 Å². The molecule has 0 heterocycles. The molecule has 2 rings (SSSR count). The Morgan fingerprint density at radius 3 is 2.00 bits per heavy atom. The van der Waals surface area contributed by atoms with Gasteiger partial charge < -0.3 is 0 Å². The Bertz CT molecular complexity index is 866. The average molecular weight is 354 g/mol. The van der Waals surface area contributed by atoms with Crippen molar-refractivity contribution in [3.63, 3.8) is 0 Å². The van der Waals surface area contributed by atoms with Crippen molar-refractivity contribution in [3.05, 3.63) is 70.6 Å². The summed E-state index contributed by atoms with van der Waals surface area (Å²) in [5, 5.41) is 0. The zero-order valence-electron chi connectivity index (χ0n) is 12.5. The second kappa shape index (κ2) is 6.60. The van der Waals surface area contributed by atoms with Crippen molar-refractivity contribution in [1.82, 2.24) is 0 Å². The highest BCUT2D eigenvalue weighted by atomic mass is 32.2.